The summed E-state index contributed by atoms with van der Waals surface area (Å²) in [5, 5.41) is 22.9. The molecular weight excluding hydrogens is 789 g/mol. The summed E-state index contributed by atoms with van der Waals surface area (Å²) in [4.78, 5) is 33.4. The van der Waals surface area contributed by atoms with Gasteiger partial charge in [-0.1, -0.05) is 76.2 Å². The number of nitrogens with one attached hydrogen (secondary N) is 1. The third-order valence-corrected chi connectivity index (χ3v) is 13.5. The number of β-amino-alcohol motifs (C(OH)–C–C–N with tert-alkyl or cyclic N) is 2. The van der Waals surface area contributed by atoms with Gasteiger partial charge in [0.1, 0.15) is 0 Å². The van der Waals surface area contributed by atoms with E-state index in [-0.39, 0.29) is 24.0 Å². The molecule has 2 fully saturated rings. The van der Waals surface area contributed by atoms with E-state index in [1.807, 2.05) is 38.2 Å². The van der Waals surface area contributed by atoms with Crippen molar-refractivity contribution in [3.63, 3.8) is 0 Å². The first-order valence-corrected chi connectivity index (χ1v) is 23.9. The highest BCUT2D eigenvalue weighted by Gasteiger charge is 2.21. The van der Waals surface area contributed by atoms with Crippen LogP contribution in [-0.4, -0.2) is 115 Å². The smallest absolute Gasteiger partial charge is 0.222 e. The van der Waals surface area contributed by atoms with Crippen molar-refractivity contribution >= 4 is 63.0 Å². The Bertz CT molecular complexity index is 1880. The summed E-state index contributed by atoms with van der Waals surface area (Å²) < 4.78 is 2.11. The largest absolute Gasteiger partial charge is 0.391 e. The Hall–Kier alpha value is -4.49. The van der Waals surface area contributed by atoms with E-state index in [9.17, 15) is 19.8 Å². The van der Waals surface area contributed by atoms with E-state index >= 15 is 0 Å². The predicted octanol–water partition coefficient (Wildman–Crippen LogP) is 6.91. The average molecular weight is 854 g/mol. The predicted molar refractivity (Wildman–Crippen MR) is 253 cm³/mol. The molecule has 2 aliphatic heterocycles. The highest BCUT2D eigenvalue weighted by atomic mass is 33.1. The molecule has 10 nitrogen and oxygen atoms in total. The Morgan fingerprint density at radius 1 is 0.733 bits per heavy atom. The van der Waals surface area contributed by atoms with Crippen LogP contribution < -0.4 is 19.7 Å². The Balaban J connectivity index is 0.849. The van der Waals surface area contributed by atoms with Crippen LogP contribution in [0.15, 0.2) is 103 Å². The van der Waals surface area contributed by atoms with E-state index in [4.69, 9.17) is 0 Å². The van der Waals surface area contributed by atoms with Crippen molar-refractivity contribution in [3.05, 3.63) is 120 Å². The van der Waals surface area contributed by atoms with Gasteiger partial charge in [-0.3, -0.25) is 9.59 Å². The Morgan fingerprint density at radius 2 is 1.23 bits per heavy atom. The molecule has 322 valence electrons. The maximum atomic E-state index is 12.7. The zero-order chi connectivity index (χ0) is 42.5. The number of aliphatic hydroxyl groups is 2. The molecule has 60 heavy (non-hydrogen) atoms. The van der Waals surface area contributed by atoms with Crippen LogP contribution in [0, 0.1) is 0 Å². The van der Waals surface area contributed by atoms with Gasteiger partial charge < -0.3 is 35.1 Å². The highest BCUT2D eigenvalue weighted by Crippen LogP contribution is 2.25. The highest BCUT2D eigenvalue weighted by molar-refractivity contribution is 8.76. The third-order valence-electron chi connectivity index (χ3n) is 10.9. The van der Waals surface area contributed by atoms with Crippen molar-refractivity contribution < 1.29 is 24.4 Å². The maximum absolute atomic E-state index is 12.7. The molecule has 2 saturated heterocycles. The molecule has 2 amide bonds. The normalized spacial score (nSPS) is 17.1. The number of amides is 2. The lowest BCUT2D eigenvalue weighted by atomic mass is 10.1. The number of nitrogens with zero attached hydrogens (tertiary/aromatic N) is 5. The van der Waals surface area contributed by atoms with E-state index in [1.165, 1.54) is 0 Å². The summed E-state index contributed by atoms with van der Waals surface area (Å²) >= 11 is 0. The standard InChI is InChI=1S/C48H65N6O4S2/c1-4-39(9-10-40-13-17-43(18-14-40)53-30-24-45(55)37-53)21-26-49-27-32-50(2)47(57)7-5-35-59-60-36-6-8-48(58)51(3)33-34-52-28-22-42(23-29-52)12-11-41-15-19-44(20-16-41)54-31-25-46(56)38-54/h4,9-23,26,28-29,45-46,49,55-56H,5-8,24-25,27,30-38H2,1-3H3/q+1/b10-9+,26-21-,39-4-. The maximum Gasteiger partial charge on any atom is 0.222 e. The van der Waals surface area contributed by atoms with Gasteiger partial charge >= 0.3 is 0 Å². The number of hydrogen-bond donors (Lipinski definition) is 3. The molecule has 0 spiro atoms. The summed E-state index contributed by atoms with van der Waals surface area (Å²) in [6, 6.07) is 21.1. The van der Waals surface area contributed by atoms with Crippen LogP contribution in [0.3, 0.4) is 0 Å². The number of allylic oxidation sites excluding steroid dienone is 4. The van der Waals surface area contributed by atoms with Crippen molar-refractivity contribution in [2.45, 2.75) is 64.2 Å². The van der Waals surface area contributed by atoms with Crippen LogP contribution in [0.2, 0.25) is 0 Å². The Morgan fingerprint density at radius 3 is 1.73 bits per heavy atom. The first kappa shape index (κ1) is 46.6. The number of benzene rings is 2. The van der Waals surface area contributed by atoms with E-state index in [0.717, 1.165) is 90.5 Å². The monoisotopic (exact) mass is 853 g/mol. The van der Waals surface area contributed by atoms with E-state index < -0.39 is 0 Å². The molecule has 0 saturated carbocycles. The second-order valence-electron chi connectivity index (χ2n) is 15.6. The van der Waals surface area contributed by atoms with Crippen molar-refractivity contribution in [2.24, 2.45) is 0 Å². The second kappa shape index (κ2) is 25.3. The van der Waals surface area contributed by atoms with Crippen LogP contribution in [0.1, 0.15) is 62.1 Å². The molecule has 2 aromatic carbocycles. The van der Waals surface area contributed by atoms with Crippen LogP contribution in [0.4, 0.5) is 11.4 Å². The minimum absolute atomic E-state index is 0.160. The van der Waals surface area contributed by atoms with Gasteiger partial charge in [-0.2, -0.15) is 0 Å². The number of carbonyl (C=O) groups excluding carboxylic acids is 2. The molecule has 3 aromatic rings. The summed E-state index contributed by atoms with van der Waals surface area (Å²) in [5.74, 6) is 2.16. The number of anilines is 2. The van der Waals surface area contributed by atoms with Crippen molar-refractivity contribution in [1.29, 1.82) is 0 Å². The first-order chi connectivity index (χ1) is 29.2. The van der Waals surface area contributed by atoms with Crippen molar-refractivity contribution in [3.8, 4) is 0 Å². The van der Waals surface area contributed by atoms with Gasteiger partial charge in [-0.25, -0.2) is 4.57 Å². The van der Waals surface area contributed by atoms with Crippen LogP contribution in [0.5, 0.6) is 0 Å². The molecule has 0 bridgehead atoms. The minimum atomic E-state index is -0.227. The number of hydrogen-bond acceptors (Lipinski definition) is 9. The molecule has 1 aromatic heterocycles. The SMILES string of the molecule is C/C=C(\C=C/NCCN(C)C(=O)CCCSSCCCC(=O)N(C)CC[n+]1ccc(/C=C/c2ccc(N3CCC(O)C3)cc2)cc1)/C=C/c1ccc(N2CCC(O)C2)cc1. The van der Waals surface area contributed by atoms with E-state index in [0.29, 0.717) is 45.6 Å². The zero-order valence-corrected chi connectivity index (χ0v) is 37.3. The molecule has 5 rings (SSSR count). The first-order valence-electron chi connectivity index (χ1n) is 21.4. The molecule has 2 atom stereocenters. The van der Waals surface area contributed by atoms with Crippen molar-refractivity contribution in [1.82, 2.24) is 15.1 Å². The number of likely N-dealkylation sites (N-methyl/N-ethyl adjacent to an activating group) is 2. The molecule has 0 radical (unpaired) electrons. The fraction of sp³-hybridized carbons (Fsp3) is 0.438. The summed E-state index contributed by atoms with van der Waals surface area (Å²) in [6.45, 7) is 7.94. The lowest BCUT2D eigenvalue weighted by Gasteiger charge is -2.17. The topological polar surface area (TPSA) is 103 Å². The number of rotatable bonds is 23. The molecule has 12 heteroatoms. The second-order valence-corrected chi connectivity index (χ2v) is 18.3. The fourth-order valence-corrected chi connectivity index (χ4v) is 9.13. The van der Waals surface area contributed by atoms with Crippen molar-refractivity contribution in [2.75, 3.05) is 81.2 Å². The van der Waals surface area contributed by atoms with Crippen LogP contribution in [-0.2, 0) is 16.1 Å². The molecule has 0 aliphatic carbocycles. The Labute approximate surface area is 366 Å². The lowest BCUT2D eigenvalue weighted by Crippen LogP contribution is -2.40. The number of pyridine rings is 1. The zero-order valence-electron chi connectivity index (χ0n) is 35.7. The van der Waals surface area contributed by atoms with Gasteiger partial charge in [0.15, 0.2) is 18.9 Å². The lowest BCUT2D eigenvalue weighted by molar-refractivity contribution is -0.696. The average Bonchev–Trinajstić information content (AvgIpc) is 3.92. The third kappa shape index (κ3) is 16.2. The van der Waals surface area contributed by atoms with E-state index in [1.54, 1.807) is 26.5 Å². The molecule has 2 aliphatic rings. The molecule has 2 unspecified atom stereocenters. The van der Waals surface area contributed by atoms with Gasteiger partial charge in [0.2, 0.25) is 11.8 Å². The minimum Gasteiger partial charge on any atom is -0.391 e. The Kier molecular flexibility index (Phi) is 19.7. The quantitative estimate of drug-likeness (QED) is 0.0407. The summed E-state index contributed by atoms with van der Waals surface area (Å²) in [6.07, 6.45) is 22.5. The molecular formula is C48H65N6O4S2+. The molecule has 3 heterocycles. The van der Waals surface area contributed by atoms with Gasteiger partial charge in [0, 0.05) is 101 Å². The number of aliphatic hydroxyl groups excluding tert-OH is 2. The fourth-order valence-electron chi connectivity index (χ4n) is 6.96. The van der Waals surface area contributed by atoms with Gasteiger partial charge in [0.25, 0.3) is 0 Å². The summed E-state index contributed by atoms with van der Waals surface area (Å²) in [5.41, 5.74) is 6.77. The van der Waals surface area contributed by atoms with Gasteiger partial charge in [-0.15, -0.1) is 0 Å². The van der Waals surface area contributed by atoms with E-state index in [2.05, 4.69) is 123 Å². The molecule has 3 N–H and O–H groups in total. The number of aromatic nitrogens is 1. The number of carbonyl (C=O) groups is 2. The summed E-state index contributed by atoms with van der Waals surface area (Å²) in [7, 11) is 7.30. The van der Waals surface area contributed by atoms with Crippen LogP contribution >= 0.6 is 21.6 Å². The van der Waals surface area contributed by atoms with Gasteiger partial charge in [0.05, 0.1) is 18.8 Å². The van der Waals surface area contributed by atoms with Gasteiger partial charge in [-0.05, 0) is 91.4 Å². The van der Waals surface area contributed by atoms with Crippen LogP contribution in [0.25, 0.3) is 18.2 Å².